The maximum Gasteiger partial charge on any atom is 0.133 e. The number of aryl methyl sites for hydroxylation is 2. The Bertz CT molecular complexity index is 551. The first kappa shape index (κ1) is 13.0. The Morgan fingerprint density at radius 3 is 2.72 bits per heavy atom. The Balaban J connectivity index is 2.06. The molecule has 0 aliphatic carbocycles. The van der Waals surface area contributed by atoms with Crippen LogP contribution in [0, 0.1) is 6.92 Å². The zero-order valence-electron chi connectivity index (χ0n) is 10.7. The average Bonchev–Trinajstić information content (AvgIpc) is 2.65. The highest BCUT2D eigenvalue weighted by Gasteiger charge is 2.04. The standard InChI is InChI=1S/C13H16BrN3O/c1-9-6-11(17(2)16-9)8-15-10-4-5-13(18-3)12(14)7-10/h4-7,15H,8H2,1-3H3. The molecule has 0 aliphatic rings. The minimum atomic E-state index is 0.746. The minimum Gasteiger partial charge on any atom is -0.496 e. The van der Waals surface area contributed by atoms with E-state index in [1.54, 1.807) is 7.11 Å². The highest BCUT2D eigenvalue weighted by molar-refractivity contribution is 9.10. The van der Waals surface area contributed by atoms with Gasteiger partial charge in [0.1, 0.15) is 5.75 Å². The highest BCUT2D eigenvalue weighted by Crippen LogP contribution is 2.27. The van der Waals surface area contributed by atoms with Crippen LogP contribution in [0.5, 0.6) is 5.75 Å². The van der Waals surface area contributed by atoms with Gasteiger partial charge in [0.2, 0.25) is 0 Å². The monoisotopic (exact) mass is 309 g/mol. The molecule has 18 heavy (non-hydrogen) atoms. The molecule has 0 saturated heterocycles. The minimum absolute atomic E-state index is 0.746. The van der Waals surface area contributed by atoms with Crippen LogP contribution in [0.4, 0.5) is 5.69 Å². The lowest BCUT2D eigenvalue weighted by Gasteiger charge is -2.09. The van der Waals surface area contributed by atoms with E-state index in [0.717, 1.165) is 33.8 Å². The van der Waals surface area contributed by atoms with E-state index in [1.807, 2.05) is 36.9 Å². The lowest BCUT2D eigenvalue weighted by atomic mass is 10.3. The van der Waals surface area contributed by atoms with Crippen LogP contribution >= 0.6 is 15.9 Å². The van der Waals surface area contributed by atoms with Gasteiger partial charge in [0.25, 0.3) is 0 Å². The predicted molar refractivity (Wildman–Crippen MR) is 76.0 cm³/mol. The van der Waals surface area contributed by atoms with Crippen molar-refractivity contribution >= 4 is 21.6 Å². The fourth-order valence-electron chi connectivity index (χ4n) is 1.80. The molecule has 1 aromatic carbocycles. The van der Waals surface area contributed by atoms with Crippen LogP contribution in [0.3, 0.4) is 0 Å². The molecule has 96 valence electrons. The molecule has 0 amide bonds. The second-order valence-electron chi connectivity index (χ2n) is 4.10. The number of benzene rings is 1. The molecule has 0 saturated carbocycles. The highest BCUT2D eigenvalue weighted by atomic mass is 79.9. The van der Waals surface area contributed by atoms with Crippen LogP contribution in [-0.2, 0) is 13.6 Å². The number of methoxy groups -OCH3 is 1. The number of nitrogens with one attached hydrogen (secondary N) is 1. The molecule has 5 heteroatoms. The molecule has 1 heterocycles. The van der Waals surface area contributed by atoms with Gasteiger partial charge >= 0.3 is 0 Å². The molecule has 0 radical (unpaired) electrons. The van der Waals surface area contributed by atoms with E-state index in [0.29, 0.717) is 0 Å². The largest absolute Gasteiger partial charge is 0.496 e. The molecule has 1 aromatic heterocycles. The third kappa shape index (κ3) is 2.85. The van der Waals surface area contributed by atoms with Gasteiger partial charge < -0.3 is 10.1 Å². The number of ether oxygens (including phenoxy) is 1. The molecule has 1 N–H and O–H groups in total. The molecule has 0 unspecified atom stereocenters. The Morgan fingerprint density at radius 2 is 2.17 bits per heavy atom. The molecule has 2 rings (SSSR count). The van der Waals surface area contributed by atoms with E-state index in [9.17, 15) is 0 Å². The zero-order valence-corrected chi connectivity index (χ0v) is 12.3. The normalized spacial score (nSPS) is 10.4. The van der Waals surface area contributed by atoms with Crippen molar-refractivity contribution in [1.82, 2.24) is 9.78 Å². The molecule has 0 aliphatic heterocycles. The number of nitrogens with zero attached hydrogens (tertiary/aromatic N) is 2. The van der Waals surface area contributed by atoms with Crippen molar-refractivity contribution in [1.29, 1.82) is 0 Å². The second-order valence-corrected chi connectivity index (χ2v) is 4.96. The lowest BCUT2D eigenvalue weighted by Crippen LogP contribution is -2.05. The fourth-order valence-corrected chi connectivity index (χ4v) is 2.34. The van der Waals surface area contributed by atoms with Gasteiger partial charge in [-0.2, -0.15) is 5.10 Å². The molecule has 0 fully saturated rings. The number of anilines is 1. The summed E-state index contributed by atoms with van der Waals surface area (Å²) < 4.78 is 8.03. The summed E-state index contributed by atoms with van der Waals surface area (Å²) in [4.78, 5) is 0. The summed E-state index contributed by atoms with van der Waals surface area (Å²) in [6, 6.07) is 8.00. The van der Waals surface area contributed by atoms with Crippen LogP contribution in [-0.4, -0.2) is 16.9 Å². The van der Waals surface area contributed by atoms with Gasteiger partial charge in [0.15, 0.2) is 0 Å². The van der Waals surface area contributed by atoms with Crippen LogP contribution in [0.2, 0.25) is 0 Å². The summed E-state index contributed by atoms with van der Waals surface area (Å²) >= 11 is 3.47. The maximum absolute atomic E-state index is 5.20. The Labute approximate surface area is 115 Å². The third-order valence-electron chi connectivity index (χ3n) is 2.72. The average molecular weight is 310 g/mol. The Hall–Kier alpha value is -1.49. The van der Waals surface area contributed by atoms with Crippen molar-refractivity contribution in [3.63, 3.8) is 0 Å². The summed E-state index contributed by atoms with van der Waals surface area (Å²) in [7, 11) is 3.61. The van der Waals surface area contributed by atoms with Gasteiger partial charge in [-0.05, 0) is 47.1 Å². The van der Waals surface area contributed by atoms with Gasteiger partial charge in [0, 0.05) is 12.7 Å². The first-order valence-corrected chi connectivity index (χ1v) is 6.46. The number of hydrogen-bond donors (Lipinski definition) is 1. The summed E-state index contributed by atoms with van der Waals surface area (Å²) in [5, 5.41) is 7.68. The summed E-state index contributed by atoms with van der Waals surface area (Å²) in [5.41, 5.74) is 3.23. The fraction of sp³-hybridized carbons (Fsp3) is 0.308. The summed E-state index contributed by atoms with van der Waals surface area (Å²) in [5.74, 6) is 0.830. The lowest BCUT2D eigenvalue weighted by molar-refractivity contribution is 0.412. The first-order valence-electron chi connectivity index (χ1n) is 5.67. The summed E-state index contributed by atoms with van der Waals surface area (Å²) in [6.45, 7) is 2.74. The zero-order chi connectivity index (χ0) is 13.1. The number of rotatable bonds is 4. The van der Waals surface area contributed by atoms with Crippen molar-refractivity contribution in [3.05, 3.63) is 40.1 Å². The van der Waals surface area contributed by atoms with Crippen molar-refractivity contribution in [2.75, 3.05) is 12.4 Å². The number of hydrogen-bond acceptors (Lipinski definition) is 3. The summed E-state index contributed by atoms with van der Waals surface area (Å²) in [6.07, 6.45) is 0. The van der Waals surface area contributed by atoms with Crippen LogP contribution in [0.25, 0.3) is 0 Å². The van der Waals surface area contributed by atoms with Crippen LogP contribution in [0.1, 0.15) is 11.4 Å². The van der Waals surface area contributed by atoms with E-state index >= 15 is 0 Å². The second kappa shape index (κ2) is 5.44. The van der Waals surface area contributed by atoms with Crippen molar-refractivity contribution in [3.8, 4) is 5.75 Å². The van der Waals surface area contributed by atoms with E-state index in [2.05, 4.69) is 32.4 Å². The van der Waals surface area contributed by atoms with Crippen LogP contribution < -0.4 is 10.1 Å². The molecule has 4 nitrogen and oxygen atoms in total. The van der Waals surface area contributed by atoms with Gasteiger partial charge in [-0.3, -0.25) is 4.68 Å². The maximum atomic E-state index is 5.20. The molecular weight excluding hydrogens is 294 g/mol. The number of aromatic nitrogens is 2. The van der Waals surface area contributed by atoms with Gasteiger partial charge in [0.05, 0.1) is 29.5 Å². The van der Waals surface area contributed by atoms with E-state index < -0.39 is 0 Å². The first-order chi connectivity index (χ1) is 8.60. The quantitative estimate of drug-likeness (QED) is 0.943. The molecule has 0 spiro atoms. The van der Waals surface area contributed by atoms with Crippen molar-refractivity contribution < 1.29 is 4.74 Å². The van der Waals surface area contributed by atoms with E-state index in [4.69, 9.17) is 4.74 Å². The topological polar surface area (TPSA) is 39.1 Å². The smallest absolute Gasteiger partial charge is 0.133 e. The predicted octanol–water partition coefficient (Wildman–Crippen LogP) is 3.11. The van der Waals surface area contributed by atoms with Gasteiger partial charge in [-0.25, -0.2) is 0 Å². The third-order valence-corrected chi connectivity index (χ3v) is 3.34. The molecule has 0 bridgehead atoms. The molecular formula is C13H16BrN3O. The molecule has 0 atom stereocenters. The van der Waals surface area contributed by atoms with E-state index in [-0.39, 0.29) is 0 Å². The number of halogens is 1. The van der Waals surface area contributed by atoms with E-state index in [1.165, 1.54) is 0 Å². The van der Waals surface area contributed by atoms with Crippen molar-refractivity contribution in [2.24, 2.45) is 7.05 Å². The Morgan fingerprint density at radius 1 is 1.39 bits per heavy atom. The SMILES string of the molecule is COc1ccc(NCc2cc(C)nn2C)cc1Br. The molecule has 2 aromatic rings. The van der Waals surface area contributed by atoms with Crippen molar-refractivity contribution in [2.45, 2.75) is 13.5 Å². The van der Waals surface area contributed by atoms with Crippen LogP contribution in [0.15, 0.2) is 28.7 Å². The Kier molecular flexibility index (Phi) is 3.91. The van der Waals surface area contributed by atoms with Gasteiger partial charge in [-0.1, -0.05) is 0 Å². The van der Waals surface area contributed by atoms with Gasteiger partial charge in [-0.15, -0.1) is 0 Å².